The highest BCUT2D eigenvalue weighted by atomic mass is 35.5. The van der Waals surface area contributed by atoms with E-state index in [2.05, 4.69) is 4.98 Å². The summed E-state index contributed by atoms with van der Waals surface area (Å²) in [5.74, 6) is 1.17. The van der Waals surface area contributed by atoms with E-state index < -0.39 is 0 Å². The third-order valence-corrected chi connectivity index (χ3v) is 3.26. The predicted octanol–water partition coefficient (Wildman–Crippen LogP) is 3.41. The number of para-hydroxylation sites is 1. The van der Waals surface area contributed by atoms with E-state index in [-0.39, 0.29) is 0 Å². The van der Waals surface area contributed by atoms with E-state index in [9.17, 15) is 0 Å². The largest absolute Gasteiger partial charge is 0.490 e. The van der Waals surface area contributed by atoms with Crippen molar-refractivity contribution in [3.05, 3.63) is 36.0 Å². The minimum Gasteiger partial charge on any atom is -0.490 e. The maximum Gasteiger partial charge on any atom is 0.130 e. The molecule has 1 aromatic carbocycles. The molecular formula is C16H20ClNO3. The molecule has 0 amide bonds. The molecule has 0 spiro atoms. The van der Waals surface area contributed by atoms with Crippen molar-refractivity contribution >= 4 is 22.5 Å². The normalized spacial score (nSPS) is 11.0. The number of nitrogens with zero attached hydrogens (tertiary/aromatic N) is 1. The second-order valence-electron chi connectivity index (χ2n) is 4.57. The van der Waals surface area contributed by atoms with E-state index in [0.717, 1.165) is 35.4 Å². The van der Waals surface area contributed by atoms with Gasteiger partial charge in [0.2, 0.25) is 0 Å². The third kappa shape index (κ3) is 4.84. The molecule has 0 saturated carbocycles. The van der Waals surface area contributed by atoms with Crippen molar-refractivity contribution in [3.63, 3.8) is 0 Å². The van der Waals surface area contributed by atoms with Gasteiger partial charge in [-0.2, -0.15) is 0 Å². The van der Waals surface area contributed by atoms with Crippen LogP contribution in [0, 0.1) is 0 Å². The summed E-state index contributed by atoms with van der Waals surface area (Å²) in [5, 5.41) is 0.991. The van der Waals surface area contributed by atoms with Crippen molar-refractivity contribution in [2.24, 2.45) is 0 Å². The van der Waals surface area contributed by atoms with Crippen LogP contribution in [0.4, 0.5) is 0 Å². The van der Waals surface area contributed by atoms with Gasteiger partial charge in [-0.25, -0.2) is 0 Å². The molecule has 5 heteroatoms. The van der Waals surface area contributed by atoms with E-state index in [4.69, 9.17) is 25.8 Å². The number of alkyl halides is 1. The number of ether oxygens (including phenoxy) is 3. The summed E-state index contributed by atoms with van der Waals surface area (Å²) in [6.45, 7) is 2.45. The van der Waals surface area contributed by atoms with E-state index in [1.54, 1.807) is 7.11 Å². The van der Waals surface area contributed by atoms with Crippen molar-refractivity contribution in [1.82, 2.24) is 4.98 Å². The molecule has 0 aliphatic rings. The molecule has 0 bridgehead atoms. The number of rotatable bonds is 9. The summed E-state index contributed by atoms with van der Waals surface area (Å²) >= 11 is 5.88. The molecule has 1 heterocycles. The first-order valence-electron chi connectivity index (χ1n) is 6.99. The average molecular weight is 310 g/mol. The first-order valence-corrected chi connectivity index (χ1v) is 7.52. The Labute approximate surface area is 130 Å². The third-order valence-electron chi connectivity index (χ3n) is 2.99. The highest BCUT2D eigenvalue weighted by Gasteiger charge is 2.06. The first kappa shape index (κ1) is 16.0. The lowest BCUT2D eigenvalue weighted by Crippen LogP contribution is -2.09. The molecule has 0 N–H and O–H groups in total. The quantitative estimate of drug-likeness (QED) is 0.526. The topological polar surface area (TPSA) is 40.6 Å². The van der Waals surface area contributed by atoms with E-state index in [0.29, 0.717) is 25.7 Å². The van der Waals surface area contributed by atoms with Gasteiger partial charge in [0.05, 0.1) is 23.7 Å². The van der Waals surface area contributed by atoms with E-state index in [1.807, 2.05) is 30.3 Å². The molecule has 1 aromatic heterocycles. The van der Waals surface area contributed by atoms with Crippen LogP contribution in [-0.2, 0) is 15.4 Å². The molecule has 0 radical (unpaired) electrons. The van der Waals surface area contributed by atoms with Crippen LogP contribution in [0.2, 0.25) is 0 Å². The van der Waals surface area contributed by atoms with Crippen LogP contribution in [0.3, 0.4) is 0 Å². The van der Waals surface area contributed by atoms with Gasteiger partial charge in [-0.05, 0) is 18.6 Å². The van der Waals surface area contributed by atoms with Crippen LogP contribution in [0.5, 0.6) is 5.75 Å². The van der Waals surface area contributed by atoms with Crippen LogP contribution >= 0.6 is 11.6 Å². The van der Waals surface area contributed by atoms with Gasteiger partial charge in [-0.1, -0.05) is 12.1 Å². The predicted molar refractivity (Wildman–Crippen MR) is 84.1 cm³/mol. The van der Waals surface area contributed by atoms with Crippen LogP contribution in [0.1, 0.15) is 12.1 Å². The number of hydrogen-bond acceptors (Lipinski definition) is 4. The summed E-state index contributed by atoms with van der Waals surface area (Å²) in [7, 11) is 1.69. The van der Waals surface area contributed by atoms with Crippen LogP contribution in [0.25, 0.3) is 10.9 Å². The van der Waals surface area contributed by atoms with Crippen molar-refractivity contribution in [2.45, 2.75) is 12.3 Å². The van der Waals surface area contributed by atoms with Gasteiger partial charge in [-0.15, -0.1) is 11.6 Å². The molecule has 0 atom stereocenters. The van der Waals surface area contributed by atoms with E-state index in [1.165, 1.54) is 0 Å². The molecular weight excluding hydrogens is 290 g/mol. The number of methoxy groups -OCH3 is 1. The molecule has 0 unspecified atom stereocenters. The lowest BCUT2D eigenvalue weighted by atomic mass is 10.2. The second kappa shape index (κ2) is 8.82. The molecule has 0 aliphatic carbocycles. The fraction of sp³-hybridized carbons (Fsp3) is 0.438. The van der Waals surface area contributed by atoms with Crippen molar-refractivity contribution in [2.75, 3.05) is 33.5 Å². The minimum absolute atomic E-state index is 0.370. The zero-order chi connectivity index (χ0) is 14.9. The average Bonchev–Trinajstić information content (AvgIpc) is 2.53. The van der Waals surface area contributed by atoms with Crippen LogP contribution in [-0.4, -0.2) is 38.5 Å². The molecule has 0 aliphatic heterocycles. The first-order chi connectivity index (χ1) is 10.3. The lowest BCUT2D eigenvalue weighted by molar-refractivity contribution is 0.0810. The SMILES string of the molecule is COCCCOCCOc1cc(CCl)nc2ccccc12. The maximum atomic E-state index is 5.88. The minimum atomic E-state index is 0.370. The Bertz CT molecular complexity index is 562. The smallest absolute Gasteiger partial charge is 0.130 e. The van der Waals surface area contributed by atoms with Gasteiger partial charge in [0.25, 0.3) is 0 Å². The second-order valence-corrected chi connectivity index (χ2v) is 4.84. The molecule has 0 fully saturated rings. The van der Waals surface area contributed by atoms with Gasteiger partial charge >= 0.3 is 0 Å². The summed E-state index contributed by atoms with van der Waals surface area (Å²) in [4.78, 5) is 4.48. The number of pyridine rings is 1. The fourth-order valence-corrected chi connectivity index (χ4v) is 2.14. The Morgan fingerprint density at radius 3 is 2.76 bits per heavy atom. The zero-order valence-electron chi connectivity index (χ0n) is 12.2. The van der Waals surface area contributed by atoms with Crippen molar-refractivity contribution < 1.29 is 14.2 Å². The number of fused-ring (bicyclic) bond motifs is 1. The summed E-state index contributed by atoms with van der Waals surface area (Å²) in [6.07, 6.45) is 0.894. The molecule has 21 heavy (non-hydrogen) atoms. The van der Waals surface area contributed by atoms with Gasteiger partial charge in [-0.3, -0.25) is 4.98 Å². The maximum absolute atomic E-state index is 5.88. The number of benzene rings is 1. The Morgan fingerprint density at radius 2 is 1.95 bits per heavy atom. The molecule has 2 rings (SSSR count). The summed E-state index contributed by atoms with van der Waals surface area (Å²) in [6, 6.07) is 9.77. The monoisotopic (exact) mass is 309 g/mol. The highest BCUT2D eigenvalue weighted by Crippen LogP contribution is 2.25. The van der Waals surface area contributed by atoms with Crippen molar-refractivity contribution in [1.29, 1.82) is 0 Å². The molecule has 2 aromatic rings. The van der Waals surface area contributed by atoms with Gasteiger partial charge < -0.3 is 14.2 Å². The number of hydrogen-bond donors (Lipinski definition) is 0. The Hall–Kier alpha value is -1.36. The Kier molecular flexibility index (Phi) is 6.73. The standard InChI is InChI=1S/C16H20ClNO3/c1-19-7-4-8-20-9-10-21-16-11-13(12-17)18-15-6-3-2-5-14(15)16/h2-3,5-6,11H,4,7-10,12H2,1H3. The molecule has 0 saturated heterocycles. The summed E-state index contributed by atoms with van der Waals surface area (Å²) < 4.78 is 16.3. The number of aromatic nitrogens is 1. The van der Waals surface area contributed by atoms with Gasteiger partial charge in [0.15, 0.2) is 0 Å². The van der Waals surface area contributed by atoms with Crippen LogP contribution in [0.15, 0.2) is 30.3 Å². The Balaban J connectivity index is 1.91. The fourth-order valence-electron chi connectivity index (χ4n) is 2.00. The van der Waals surface area contributed by atoms with E-state index >= 15 is 0 Å². The summed E-state index contributed by atoms with van der Waals surface area (Å²) in [5.41, 5.74) is 1.71. The number of halogens is 1. The lowest BCUT2D eigenvalue weighted by Gasteiger charge is -2.11. The van der Waals surface area contributed by atoms with Gasteiger partial charge in [0, 0.05) is 31.8 Å². The Morgan fingerprint density at radius 1 is 1.10 bits per heavy atom. The molecule has 4 nitrogen and oxygen atoms in total. The zero-order valence-corrected chi connectivity index (χ0v) is 12.9. The van der Waals surface area contributed by atoms with Gasteiger partial charge in [0.1, 0.15) is 12.4 Å². The van der Waals surface area contributed by atoms with Crippen molar-refractivity contribution in [3.8, 4) is 5.75 Å². The molecule has 114 valence electrons. The highest BCUT2D eigenvalue weighted by molar-refractivity contribution is 6.17. The van der Waals surface area contributed by atoms with Crippen LogP contribution < -0.4 is 4.74 Å².